The monoisotopic (exact) mass is 457 g/mol. The Morgan fingerprint density at radius 3 is 2.68 bits per heavy atom. The summed E-state index contributed by atoms with van der Waals surface area (Å²) in [4.78, 5) is 0.302. The fourth-order valence-electron chi connectivity index (χ4n) is 3.66. The Morgan fingerprint density at radius 1 is 1.06 bits per heavy atom. The van der Waals surface area contributed by atoms with Crippen molar-refractivity contribution in [3.63, 3.8) is 0 Å². The Kier molecular flexibility index (Phi) is 7.40. The molecular weight excluding hydrogens is 430 g/mol. The summed E-state index contributed by atoms with van der Waals surface area (Å²) < 4.78 is 39.9. The first-order valence-corrected chi connectivity index (χ1v) is 12.9. The third-order valence-electron chi connectivity index (χ3n) is 5.31. The normalized spacial score (nSPS) is 16.6. The van der Waals surface area contributed by atoms with E-state index in [0.29, 0.717) is 24.7 Å². The number of rotatable bonds is 10. The van der Waals surface area contributed by atoms with Crippen molar-refractivity contribution in [2.75, 3.05) is 19.8 Å². The van der Waals surface area contributed by atoms with Crippen LogP contribution in [0.1, 0.15) is 24.0 Å². The molecule has 31 heavy (non-hydrogen) atoms. The molecule has 1 atom stereocenters. The zero-order valence-corrected chi connectivity index (χ0v) is 19.0. The van der Waals surface area contributed by atoms with Crippen molar-refractivity contribution in [1.82, 2.24) is 4.31 Å². The highest BCUT2D eigenvalue weighted by Crippen LogP contribution is 2.24. The Morgan fingerprint density at radius 2 is 1.94 bits per heavy atom. The lowest BCUT2D eigenvalue weighted by Crippen LogP contribution is -2.36. The highest BCUT2D eigenvalue weighted by molar-refractivity contribution is 7.89. The van der Waals surface area contributed by atoms with E-state index in [9.17, 15) is 8.42 Å². The number of hydrogen-bond acceptors (Lipinski definition) is 5. The van der Waals surface area contributed by atoms with Crippen LogP contribution >= 0.6 is 11.3 Å². The number of nitrogens with zero attached hydrogens (tertiary/aromatic N) is 1. The highest BCUT2D eigenvalue weighted by atomic mass is 32.2. The topological polar surface area (TPSA) is 55.8 Å². The summed E-state index contributed by atoms with van der Waals surface area (Å²) in [6.07, 6.45) is 2.63. The number of ether oxygens (including phenoxy) is 2. The lowest BCUT2D eigenvalue weighted by atomic mass is 10.2. The molecule has 2 heterocycles. The van der Waals surface area contributed by atoms with Crippen molar-refractivity contribution in [3.05, 3.63) is 82.6 Å². The lowest BCUT2D eigenvalue weighted by Gasteiger charge is -2.25. The van der Waals surface area contributed by atoms with Crippen LogP contribution in [0, 0.1) is 0 Å². The van der Waals surface area contributed by atoms with Crippen molar-refractivity contribution in [1.29, 1.82) is 0 Å². The maximum absolute atomic E-state index is 13.4. The molecule has 2 aromatic carbocycles. The van der Waals surface area contributed by atoms with E-state index in [1.807, 2.05) is 30.3 Å². The van der Waals surface area contributed by atoms with Crippen molar-refractivity contribution >= 4 is 21.4 Å². The minimum atomic E-state index is -3.63. The third kappa shape index (κ3) is 5.95. The van der Waals surface area contributed by atoms with Gasteiger partial charge in [-0.2, -0.15) is 15.6 Å². The molecule has 0 spiro atoms. The summed E-state index contributed by atoms with van der Waals surface area (Å²) in [5.74, 6) is 0.752. The molecule has 1 fully saturated rings. The van der Waals surface area contributed by atoms with Gasteiger partial charge in [0.15, 0.2) is 0 Å². The molecule has 0 aliphatic carbocycles. The van der Waals surface area contributed by atoms with Crippen LogP contribution in [0.15, 0.2) is 76.3 Å². The largest absolute Gasteiger partial charge is 0.493 e. The summed E-state index contributed by atoms with van der Waals surface area (Å²) in [5.41, 5.74) is 2.16. The Labute approximate surface area is 188 Å². The number of benzene rings is 2. The Balaban J connectivity index is 1.48. The molecule has 0 saturated carbocycles. The van der Waals surface area contributed by atoms with Gasteiger partial charge < -0.3 is 9.47 Å². The smallest absolute Gasteiger partial charge is 0.243 e. The second kappa shape index (κ2) is 10.4. The minimum absolute atomic E-state index is 0.0662. The molecule has 0 unspecified atom stereocenters. The van der Waals surface area contributed by atoms with Gasteiger partial charge in [0, 0.05) is 26.1 Å². The van der Waals surface area contributed by atoms with Gasteiger partial charge in [-0.25, -0.2) is 8.42 Å². The molecule has 0 bridgehead atoms. The van der Waals surface area contributed by atoms with E-state index in [2.05, 4.69) is 16.8 Å². The molecule has 1 aliphatic heterocycles. The predicted molar refractivity (Wildman–Crippen MR) is 123 cm³/mol. The van der Waals surface area contributed by atoms with Gasteiger partial charge >= 0.3 is 0 Å². The molecule has 3 aromatic rings. The molecule has 1 aliphatic rings. The Hall–Kier alpha value is -2.19. The van der Waals surface area contributed by atoms with Crippen LogP contribution in [0.25, 0.3) is 0 Å². The first-order chi connectivity index (χ1) is 15.1. The number of sulfonamides is 1. The standard InChI is InChI=1S/C24H27NO4S2/c26-31(27,24-9-2-1-3-10-24)25(18-23-8-5-13-28-23)17-21-6-4-7-22(16-21)29-14-11-20-12-15-30-19-20/h1-4,6-7,9-10,12,15-16,19,23H,5,8,11,13-14,17-18H2/t23-/m1/s1. The van der Waals surface area contributed by atoms with Crippen LogP contribution in [0.2, 0.25) is 0 Å². The Bertz CT molecular complexity index is 1050. The van der Waals surface area contributed by atoms with Gasteiger partial charge in [0.2, 0.25) is 10.0 Å². The third-order valence-corrected chi connectivity index (χ3v) is 7.87. The summed E-state index contributed by atoms with van der Waals surface area (Å²) in [6, 6.07) is 18.4. The molecule has 0 N–H and O–H groups in total. The van der Waals surface area contributed by atoms with Crippen LogP contribution in [0.5, 0.6) is 5.75 Å². The first-order valence-electron chi connectivity index (χ1n) is 10.5. The molecular formula is C24H27NO4S2. The van der Waals surface area contributed by atoms with Gasteiger partial charge in [-0.15, -0.1) is 0 Å². The zero-order chi connectivity index (χ0) is 21.5. The predicted octanol–water partition coefficient (Wildman–Crippen LogP) is 4.74. The summed E-state index contributed by atoms with van der Waals surface area (Å²) >= 11 is 1.68. The van der Waals surface area contributed by atoms with Gasteiger partial charge in [0.25, 0.3) is 0 Å². The van der Waals surface area contributed by atoms with Crippen LogP contribution in [-0.4, -0.2) is 38.6 Å². The van der Waals surface area contributed by atoms with Crippen molar-refractivity contribution in [3.8, 4) is 5.75 Å². The van der Waals surface area contributed by atoms with Crippen LogP contribution in [0.4, 0.5) is 0 Å². The average Bonchev–Trinajstić information content (AvgIpc) is 3.49. The highest BCUT2D eigenvalue weighted by Gasteiger charge is 2.29. The fourth-order valence-corrected chi connectivity index (χ4v) is 5.85. The maximum atomic E-state index is 13.4. The van der Waals surface area contributed by atoms with E-state index in [4.69, 9.17) is 9.47 Å². The second-order valence-corrected chi connectivity index (χ2v) is 10.3. The summed E-state index contributed by atoms with van der Waals surface area (Å²) in [6.45, 7) is 1.90. The molecule has 7 heteroatoms. The van der Waals surface area contributed by atoms with Crippen molar-refractivity contribution < 1.29 is 17.9 Å². The molecule has 5 nitrogen and oxygen atoms in total. The van der Waals surface area contributed by atoms with Crippen LogP contribution in [-0.2, 0) is 27.7 Å². The first kappa shape index (κ1) is 22.0. The minimum Gasteiger partial charge on any atom is -0.493 e. The van der Waals surface area contributed by atoms with Gasteiger partial charge in [-0.05, 0) is 65.1 Å². The molecule has 1 aromatic heterocycles. The number of hydrogen-bond donors (Lipinski definition) is 0. The SMILES string of the molecule is O=S(=O)(c1ccccc1)N(Cc1cccc(OCCc2ccsc2)c1)C[C@H]1CCCO1. The van der Waals surface area contributed by atoms with Gasteiger partial charge in [-0.3, -0.25) is 0 Å². The van der Waals surface area contributed by atoms with E-state index in [1.54, 1.807) is 35.6 Å². The van der Waals surface area contributed by atoms with E-state index in [1.165, 1.54) is 9.87 Å². The second-order valence-electron chi connectivity index (χ2n) is 7.62. The molecule has 0 radical (unpaired) electrons. The van der Waals surface area contributed by atoms with E-state index in [-0.39, 0.29) is 12.6 Å². The number of thiophene rings is 1. The van der Waals surface area contributed by atoms with Crippen LogP contribution < -0.4 is 4.74 Å². The summed E-state index contributed by atoms with van der Waals surface area (Å²) in [5, 5.41) is 4.18. The molecule has 1 saturated heterocycles. The molecule has 164 valence electrons. The average molecular weight is 458 g/mol. The molecule has 4 rings (SSSR count). The van der Waals surface area contributed by atoms with Gasteiger partial charge in [0.1, 0.15) is 5.75 Å². The van der Waals surface area contributed by atoms with E-state index in [0.717, 1.165) is 30.6 Å². The molecule has 0 amide bonds. The zero-order valence-electron chi connectivity index (χ0n) is 17.4. The lowest BCUT2D eigenvalue weighted by molar-refractivity contribution is 0.0926. The quantitative estimate of drug-likeness (QED) is 0.441. The van der Waals surface area contributed by atoms with E-state index < -0.39 is 10.0 Å². The maximum Gasteiger partial charge on any atom is 0.243 e. The van der Waals surface area contributed by atoms with Crippen LogP contribution in [0.3, 0.4) is 0 Å². The van der Waals surface area contributed by atoms with E-state index >= 15 is 0 Å². The van der Waals surface area contributed by atoms with Crippen molar-refractivity contribution in [2.45, 2.75) is 36.8 Å². The van der Waals surface area contributed by atoms with Gasteiger partial charge in [0.05, 0.1) is 17.6 Å². The van der Waals surface area contributed by atoms with Gasteiger partial charge in [-0.1, -0.05) is 30.3 Å². The van der Waals surface area contributed by atoms with Crippen molar-refractivity contribution in [2.24, 2.45) is 0 Å². The summed E-state index contributed by atoms with van der Waals surface area (Å²) in [7, 11) is -3.63. The fraction of sp³-hybridized carbons (Fsp3) is 0.333.